The Bertz CT molecular complexity index is 612. The second-order valence-corrected chi connectivity index (χ2v) is 5.94. The fraction of sp³-hybridized carbons (Fsp3) is 0.471. The smallest absolute Gasteiger partial charge is 0.0933 e. The first-order valence-corrected chi connectivity index (χ1v) is 7.74. The molecule has 0 bridgehead atoms. The Morgan fingerprint density at radius 1 is 1.32 bits per heavy atom. The normalized spacial score (nSPS) is 22.9. The number of para-hydroxylation sites is 1. The molecule has 1 aromatic heterocycles. The molecular formula is C17H23N3O2. The summed E-state index contributed by atoms with van der Waals surface area (Å²) in [7, 11) is 0. The van der Waals surface area contributed by atoms with E-state index < -0.39 is 0 Å². The highest BCUT2D eigenvalue weighted by molar-refractivity contribution is 5.32. The van der Waals surface area contributed by atoms with E-state index in [9.17, 15) is 5.11 Å². The van der Waals surface area contributed by atoms with Crippen LogP contribution in [0.15, 0.2) is 36.5 Å². The summed E-state index contributed by atoms with van der Waals surface area (Å²) in [6.07, 6.45) is 2.02. The van der Waals surface area contributed by atoms with Crippen molar-refractivity contribution >= 4 is 0 Å². The van der Waals surface area contributed by atoms with Crippen LogP contribution in [0.2, 0.25) is 0 Å². The second-order valence-electron chi connectivity index (χ2n) is 5.94. The predicted molar refractivity (Wildman–Crippen MR) is 85.0 cm³/mol. The lowest BCUT2D eigenvalue weighted by Gasteiger charge is -2.37. The van der Waals surface area contributed by atoms with Crippen molar-refractivity contribution in [2.24, 2.45) is 0 Å². The van der Waals surface area contributed by atoms with Crippen LogP contribution < -0.4 is 0 Å². The van der Waals surface area contributed by atoms with Crippen LogP contribution in [-0.2, 0) is 11.3 Å². The van der Waals surface area contributed by atoms with Gasteiger partial charge in [0.05, 0.1) is 30.7 Å². The number of aliphatic hydroxyl groups is 1. The van der Waals surface area contributed by atoms with Gasteiger partial charge in [0.15, 0.2) is 0 Å². The lowest BCUT2D eigenvalue weighted by atomic mass is 10.1. The van der Waals surface area contributed by atoms with Gasteiger partial charge in [-0.25, -0.2) is 4.68 Å². The van der Waals surface area contributed by atoms with Crippen molar-refractivity contribution in [1.29, 1.82) is 0 Å². The molecule has 3 rings (SSSR count). The zero-order chi connectivity index (χ0) is 15.5. The highest BCUT2D eigenvalue weighted by Gasteiger charge is 2.26. The molecule has 0 spiro atoms. The number of aliphatic hydroxyl groups excluding tert-OH is 1. The molecule has 0 aliphatic carbocycles. The van der Waals surface area contributed by atoms with E-state index in [2.05, 4.69) is 35.3 Å². The maximum atomic E-state index is 9.30. The van der Waals surface area contributed by atoms with Gasteiger partial charge in [-0.1, -0.05) is 18.2 Å². The maximum Gasteiger partial charge on any atom is 0.0933 e. The number of rotatable bonds is 4. The van der Waals surface area contributed by atoms with Gasteiger partial charge in [-0.15, -0.1) is 0 Å². The molecule has 2 heterocycles. The summed E-state index contributed by atoms with van der Waals surface area (Å²) in [5, 5.41) is 13.9. The molecule has 2 unspecified atom stereocenters. The average molecular weight is 301 g/mol. The predicted octanol–water partition coefficient (Wildman–Crippen LogP) is 1.76. The van der Waals surface area contributed by atoms with Crippen molar-refractivity contribution in [3.05, 3.63) is 47.8 Å². The van der Waals surface area contributed by atoms with Crippen LogP contribution in [0.25, 0.3) is 5.69 Å². The van der Waals surface area contributed by atoms with Crippen molar-refractivity contribution < 1.29 is 9.84 Å². The summed E-state index contributed by atoms with van der Waals surface area (Å²) in [6, 6.07) is 10.5. The Balaban J connectivity index is 1.76. The number of aromatic nitrogens is 2. The molecule has 1 N–H and O–H groups in total. The van der Waals surface area contributed by atoms with E-state index in [1.54, 1.807) is 0 Å². The minimum absolute atomic E-state index is 0.0749. The molecule has 1 saturated heterocycles. The Hall–Kier alpha value is -1.69. The van der Waals surface area contributed by atoms with Gasteiger partial charge in [0, 0.05) is 30.9 Å². The summed E-state index contributed by atoms with van der Waals surface area (Å²) >= 11 is 0. The molecule has 1 aliphatic heterocycles. The van der Waals surface area contributed by atoms with E-state index in [-0.39, 0.29) is 12.7 Å². The minimum atomic E-state index is -0.0827. The monoisotopic (exact) mass is 301 g/mol. The molecule has 5 heteroatoms. The first kappa shape index (κ1) is 15.2. The first-order chi connectivity index (χ1) is 10.7. The Kier molecular flexibility index (Phi) is 4.57. The topological polar surface area (TPSA) is 50.5 Å². The van der Waals surface area contributed by atoms with E-state index in [1.165, 1.54) is 5.56 Å². The quantitative estimate of drug-likeness (QED) is 0.935. The van der Waals surface area contributed by atoms with Gasteiger partial charge in [-0.05, 0) is 26.0 Å². The van der Waals surface area contributed by atoms with E-state index in [1.807, 2.05) is 29.8 Å². The van der Waals surface area contributed by atoms with Crippen LogP contribution >= 0.6 is 0 Å². The third-order valence-corrected chi connectivity index (χ3v) is 4.23. The Morgan fingerprint density at radius 3 is 2.82 bits per heavy atom. The van der Waals surface area contributed by atoms with Crippen molar-refractivity contribution in [2.45, 2.75) is 32.5 Å². The lowest BCUT2D eigenvalue weighted by Crippen LogP contribution is -2.48. The van der Waals surface area contributed by atoms with Gasteiger partial charge in [-0.3, -0.25) is 4.90 Å². The maximum absolute atomic E-state index is 9.30. The second kappa shape index (κ2) is 6.60. The summed E-state index contributed by atoms with van der Waals surface area (Å²) in [5.74, 6) is 0. The molecular weight excluding hydrogens is 278 g/mol. The number of aryl methyl sites for hydroxylation is 1. The molecule has 0 saturated carbocycles. The van der Waals surface area contributed by atoms with Gasteiger partial charge in [-0.2, -0.15) is 5.10 Å². The summed E-state index contributed by atoms with van der Waals surface area (Å²) < 4.78 is 7.53. The standard InChI is InChI=1S/C17H23N3O2/c1-13-12-22-17(11-21)10-19(13)8-15-9-20(18-14(15)2)16-6-4-3-5-7-16/h3-7,9,13,17,21H,8,10-12H2,1-2H3. The number of hydrogen-bond donors (Lipinski definition) is 1. The molecule has 2 atom stereocenters. The van der Waals surface area contributed by atoms with Crippen molar-refractivity contribution in [1.82, 2.24) is 14.7 Å². The molecule has 1 fully saturated rings. The largest absolute Gasteiger partial charge is 0.394 e. The molecule has 0 amide bonds. The first-order valence-electron chi connectivity index (χ1n) is 7.74. The van der Waals surface area contributed by atoms with Crippen LogP contribution in [0.4, 0.5) is 0 Å². The minimum Gasteiger partial charge on any atom is -0.394 e. The van der Waals surface area contributed by atoms with E-state index in [0.29, 0.717) is 12.6 Å². The van der Waals surface area contributed by atoms with Crippen LogP contribution in [0, 0.1) is 6.92 Å². The third-order valence-electron chi connectivity index (χ3n) is 4.23. The number of benzene rings is 1. The van der Waals surface area contributed by atoms with E-state index in [4.69, 9.17) is 4.74 Å². The third kappa shape index (κ3) is 3.21. The SMILES string of the molecule is Cc1nn(-c2ccccc2)cc1CN1CC(CO)OCC1C. The molecule has 1 aliphatic rings. The molecule has 118 valence electrons. The zero-order valence-corrected chi connectivity index (χ0v) is 13.1. The van der Waals surface area contributed by atoms with Gasteiger partial charge in [0.1, 0.15) is 0 Å². The number of morpholine rings is 1. The van der Waals surface area contributed by atoms with E-state index >= 15 is 0 Å². The van der Waals surface area contributed by atoms with Gasteiger partial charge in [0.2, 0.25) is 0 Å². The molecule has 1 aromatic carbocycles. The van der Waals surface area contributed by atoms with Gasteiger partial charge >= 0.3 is 0 Å². The summed E-state index contributed by atoms with van der Waals surface area (Å²) in [5.41, 5.74) is 3.33. The van der Waals surface area contributed by atoms with Crippen molar-refractivity contribution in [2.75, 3.05) is 19.8 Å². The average Bonchev–Trinajstić information content (AvgIpc) is 2.91. The molecule has 22 heavy (non-hydrogen) atoms. The fourth-order valence-corrected chi connectivity index (χ4v) is 2.79. The number of nitrogens with zero attached hydrogens (tertiary/aromatic N) is 3. The van der Waals surface area contributed by atoms with Crippen LogP contribution in [-0.4, -0.2) is 51.7 Å². The van der Waals surface area contributed by atoms with Gasteiger partial charge < -0.3 is 9.84 Å². The highest BCUT2D eigenvalue weighted by atomic mass is 16.5. The molecule has 5 nitrogen and oxygen atoms in total. The lowest BCUT2D eigenvalue weighted by molar-refractivity contribution is -0.0806. The summed E-state index contributed by atoms with van der Waals surface area (Å²) in [6.45, 7) is 6.53. The Labute approximate surface area is 131 Å². The van der Waals surface area contributed by atoms with Crippen molar-refractivity contribution in [3.8, 4) is 5.69 Å². The fourth-order valence-electron chi connectivity index (χ4n) is 2.79. The number of ether oxygens (including phenoxy) is 1. The van der Waals surface area contributed by atoms with Crippen molar-refractivity contribution in [3.63, 3.8) is 0 Å². The molecule has 2 aromatic rings. The van der Waals surface area contributed by atoms with Crippen LogP contribution in [0.1, 0.15) is 18.2 Å². The zero-order valence-electron chi connectivity index (χ0n) is 13.1. The highest BCUT2D eigenvalue weighted by Crippen LogP contribution is 2.18. The van der Waals surface area contributed by atoms with Crippen LogP contribution in [0.5, 0.6) is 0 Å². The Morgan fingerprint density at radius 2 is 2.09 bits per heavy atom. The van der Waals surface area contributed by atoms with Gasteiger partial charge in [0.25, 0.3) is 0 Å². The van der Waals surface area contributed by atoms with Crippen LogP contribution in [0.3, 0.4) is 0 Å². The molecule has 0 radical (unpaired) electrons. The van der Waals surface area contributed by atoms with E-state index in [0.717, 1.165) is 24.5 Å². The number of hydrogen-bond acceptors (Lipinski definition) is 4. The summed E-state index contributed by atoms with van der Waals surface area (Å²) in [4.78, 5) is 2.35.